The quantitative estimate of drug-likeness (QED) is 0.786. The Balaban J connectivity index is 2.30. The van der Waals surface area contributed by atoms with Gasteiger partial charge in [-0.1, -0.05) is 13.0 Å². The summed E-state index contributed by atoms with van der Waals surface area (Å²) in [6.45, 7) is 4.38. The highest BCUT2D eigenvalue weighted by molar-refractivity contribution is 7.11. The van der Waals surface area contributed by atoms with Crippen molar-refractivity contribution < 1.29 is 9.53 Å². The van der Waals surface area contributed by atoms with Gasteiger partial charge in [-0.15, -0.1) is 11.3 Å². The molecule has 15 heavy (non-hydrogen) atoms. The number of carbonyl (C=O) groups excluding carboxylic acids is 1. The van der Waals surface area contributed by atoms with E-state index in [1.165, 1.54) is 11.3 Å². The van der Waals surface area contributed by atoms with Gasteiger partial charge in [-0.25, -0.2) is 4.79 Å². The molecule has 1 aromatic rings. The van der Waals surface area contributed by atoms with Gasteiger partial charge in [-0.05, 0) is 31.2 Å². The molecule has 2 N–H and O–H groups in total. The minimum Gasteiger partial charge on any atom is -0.461 e. The maximum absolute atomic E-state index is 11.4. The molecular weight excluding hydrogens is 210 g/mol. The first kappa shape index (κ1) is 12.2. The molecule has 3 nitrogen and oxygen atoms in total. The molecule has 84 valence electrons. The fourth-order valence-corrected chi connectivity index (χ4v) is 1.64. The summed E-state index contributed by atoms with van der Waals surface area (Å²) >= 11 is 1.39. The zero-order valence-electron chi connectivity index (χ0n) is 9.16. The van der Waals surface area contributed by atoms with E-state index in [2.05, 4.69) is 0 Å². The Morgan fingerprint density at radius 3 is 2.93 bits per heavy atom. The maximum Gasteiger partial charge on any atom is 0.348 e. The van der Waals surface area contributed by atoms with Crippen LogP contribution in [0.5, 0.6) is 0 Å². The molecule has 1 unspecified atom stereocenters. The molecule has 0 saturated carbocycles. The Kier molecular flexibility index (Phi) is 4.29. The molecule has 1 heterocycles. The summed E-state index contributed by atoms with van der Waals surface area (Å²) in [5.41, 5.74) is 5.69. The van der Waals surface area contributed by atoms with Gasteiger partial charge in [0.05, 0.1) is 6.61 Å². The van der Waals surface area contributed by atoms with Gasteiger partial charge in [-0.3, -0.25) is 0 Å². The molecule has 1 rings (SSSR count). The van der Waals surface area contributed by atoms with Gasteiger partial charge in [0.25, 0.3) is 0 Å². The van der Waals surface area contributed by atoms with Gasteiger partial charge < -0.3 is 10.5 Å². The van der Waals surface area contributed by atoms with Crippen LogP contribution in [0.4, 0.5) is 0 Å². The van der Waals surface area contributed by atoms with Crippen LogP contribution < -0.4 is 5.73 Å². The van der Waals surface area contributed by atoms with Crippen molar-refractivity contribution in [2.24, 2.45) is 5.73 Å². The van der Waals surface area contributed by atoms with E-state index in [-0.39, 0.29) is 11.5 Å². The average molecular weight is 227 g/mol. The third kappa shape index (κ3) is 4.01. The summed E-state index contributed by atoms with van der Waals surface area (Å²) in [7, 11) is 0. The van der Waals surface area contributed by atoms with Crippen LogP contribution in [-0.2, 0) is 4.74 Å². The van der Waals surface area contributed by atoms with Gasteiger partial charge in [0.2, 0.25) is 0 Å². The van der Waals surface area contributed by atoms with Crippen molar-refractivity contribution >= 4 is 17.3 Å². The highest BCUT2D eigenvalue weighted by atomic mass is 32.1. The van der Waals surface area contributed by atoms with Crippen LogP contribution in [0.15, 0.2) is 17.5 Å². The Morgan fingerprint density at radius 1 is 1.67 bits per heavy atom. The summed E-state index contributed by atoms with van der Waals surface area (Å²) in [5, 5.41) is 1.86. The van der Waals surface area contributed by atoms with Crippen LogP contribution in [-0.4, -0.2) is 18.1 Å². The first-order chi connectivity index (χ1) is 7.05. The second kappa shape index (κ2) is 5.28. The van der Waals surface area contributed by atoms with Crippen LogP contribution in [0, 0.1) is 0 Å². The van der Waals surface area contributed by atoms with Gasteiger partial charge >= 0.3 is 5.97 Å². The van der Waals surface area contributed by atoms with Crippen LogP contribution in [0.3, 0.4) is 0 Å². The number of ether oxygens (including phenoxy) is 1. The van der Waals surface area contributed by atoms with Crippen molar-refractivity contribution in [2.45, 2.75) is 32.2 Å². The predicted octanol–water partition coefficient (Wildman–Crippen LogP) is 2.42. The fraction of sp³-hybridized carbons (Fsp3) is 0.545. The standard InChI is InChI=1S/C11H17NO2S/c1-3-11(2,12)6-7-14-10(13)9-5-4-8-15-9/h4-5,8H,3,6-7,12H2,1-2H3. The van der Waals surface area contributed by atoms with E-state index in [0.717, 1.165) is 6.42 Å². The van der Waals surface area contributed by atoms with Crippen molar-refractivity contribution in [3.05, 3.63) is 22.4 Å². The zero-order valence-corrected chi connectivity index (χ0v) is 9.97. The SMILES string of the molecule is CCC(C)(N)CCOC(=O)c1cccs1. The monoisotopic (exact) mass is 227 g/mol. The van der Waals surface area contributed by atoms with Crippen molar-refractivity contribution in [3.63, 3.8) is 0 Å². The number of esters is 1. The van der Waals surface area contributed by atoms with Crippen molar-refractivity contribution in [1.29, 1.82) is 0 Å². The summed E-state index contributed by atoms with van der Waals surface area (Å²) in [4.78, 5) is 12.1. The van der Waals surface area contributed by atoms with Crippen molar-refractivity contribution in [3.8, 4) is 0 Å². The third-order valence-corrected chi connectivity index (χ3v) is 3.29. The summed E-state index contributed by atoms with van der Waals surface area (Å²) in [5.74, 6) is -0.253. The van der Waals surface area contributed by atoms with E-state index in [1.807, 2.05) is 25.3 Å². The molecule has 0 radical (unpaired) electrons. The van der Waals surface area contributed by atoms with E-state index in [9.17, 15) is 4.79 Å². The lowest BCUT2D eigenvalue weighted by Gasteiger charge is -2.21. The molecule has 0 aliphatic carbocycles. The topological polar surface area (TPSA) is 52.3 Å². The number of hydrogen-bond acceptors (Lipinski definition) is 4. The first-order valence-corrected chi connectivity index (χ1v) is 5.92. The number of rotatable bonds is 5. The molecule has 0 aromatic carbocycles. The number of thiophene rings is 1. The lowest BCUT2D eigenvalue weighted by molar-refractivity contribution is 0.0483. The fourth-order valence-electron chi connectivity index (χ4n) is 1.02. The van der Waals surface area contributed by atoms with E-state index < -0.39 is 0 Å². The molecule has 0 fully saturated rings. The van der Waals surface area contributed by atoms with Crippen molar-refractivity contribution in [1.82, 2.24) is 0 Å². The predicted molar refractivity (Wildman–Crippen MR) is 62.1 cm³/mol. The summed E-state index contributed by atoms with van der Waals surface area (Å²) in [6, 6.07) is 3.59. The Bertz CT molecular complexity index is 306. The van der Waals surface area contributed by atoms with Crippen molar-refractivity contribution in [2.75, 3.05) is 6.61 Å². The molecule has 1 atom stereocenters. The number of carbonyl (C=O) groups is 1. The van der Waals surface area contributed by atoms with E-state index in [4.69, 9.17) is 10.5 Å². The second-order valence-electron chi connectivity index (χ2n) is 3.87. The van der Waals surface area contributed by atoms with Gasteiger partial charge in [-0.2, -0.15) is 0 Å². The van der Waals surface area contributed by atoms with Gasteiger partial charge in [0.15, 0.2) is 0 Å². The smallest absolute Gasteiger partial charge is 0.348 e. The Labute approximate surface area is 94.2 Å². The molecular formula is C11H17NO2S. The summed E-state index contributed by atoms with van der Waals surface area (Å²) in [6.07, 6.45) is 1.57. The minimum atomic E-state index is -0.253. The Hall–Kier alpha value is -0.870. The first-order valence-electron chi connectivity index (χ1n) is 5.04. The third-order valence-electron chi connectivity index (χ3n) is 2.44. The molecule has 4 heteroatoms. The van der Waals surface area contributed by atoms with E-state index in [0.29, 0.717) is 17.9 Å². The van der Waals surface area contributed by atoms with Gasteiger partial charge in [0, 0.05) is 5.54 Å². The maximum atomic E-state index is 11.4. The zero-order chi connectivity index (χ0) is 11.3. The van der Waals surface area contributed by atoms with E-state index in [1.54, 1.807) is 6.07 Å². The molecule has 0 aliphatic heterocycles. The molecule has 0 amide bonds. The van der Waals surface area contributed by atoms with E-state index >= 15 is 0 Å². The molecule has 0 aliphatic rings. The van der Waals surface area contributed by atoms with Crippen LogP contribution in [0.2, 0.25) is 0 Å². The number of hydrogen-bond donors (Lipinski definition) is 1. The average Bonchev–Trinajstić information content (AvgIpc) is 2.70. The molecule has 0 bridgehead atoms. The second-order valence-corrected chi connectivity index (χ2v) is 4.82. The number of nitrogens with two attached hydrogens (primary N) is 1. The normalized spacial score (nSPS) is 14.6. The molecule has 1 aromatic heterocycles. The highest BCUT2D eigenvalue weighted by Crippen LogP contribution is 2.13. The molecule has 0 spiro atoms. The summed E-state index contributed by atoms with van der Waals surface area (Å²) < 4.78 is 5.12. The lowest BCUT2D eigenvalue weighted by atomic mass is 9.97. The lowest BCUT2D eigenvalue weighted by Crippen LogP contribution is -2.36. The van der Waals surface area contributed by atoms with Crippen LogP contribution >= 0.6 is 11.3 Å². The molecule has 0 saturated heterocycles. The Morgan fingerprint density at radius 2 is 2.40 bits per heavy atom. The van der Waals surface area contributed by atoms with Crippen LogP contribution in [0.25, 0.3) is 0 Å². The van der Waals surface area contributed by atoms with Crippen LogP contribution in [0.1, 0.15) is 36.4 Å². The largest absolute Gasteiger partial charge is 0.461 e. The highest BCUT2D eigenvalue weighted by Gasteiger charge is 2.16. The minimum absolute atomic E-state index is 0.240. The van der Waals surface area contributed by atoms with Gasteiger partial charge in [0.1, 0.15) is 4.88 Å².